The van der Waals surface area contributed by atoms with Crippen molar-refractivity contribution in [2.24, 2.45) is 0 Å². The van der Waals surface area contributed by atoms with Gasteiger partial charge in [-0.05, 0) is 37.1 Å². The molecule has 0 bridgehead atoms. The maximum absolute atomic E-state index is 13.0. The van der Waals surface area contributed by atoms with Gasteiger partial charge in [0.2, 0.25) is 0 Å². The number of piperidine rings is 1. The van der Waals surface area contributed by atoms with Gasteiger partial charge in [-0.2, -0.15) is 0 Å². The van der Waals surface area contributed by atoms with Gasteiger partial charge < -0.3 is 10.4 Å². The van der Waals surface area contributed by atoms with E-state index in [-0.39, 0.29) is 11.1 Å². The van der Waals surface area contributed by atoms with Crippen molar-refractivity contribution in [2.75, 3.05) is 6.54 Å². The van der Waals surface area contributed by atoms with Gasteiger partial charge in [-0.3, -0.25) is 0 Å². The molecule has 1 aromatic rings. The maximum atomic E-state index is 13.0. The summed E-state index contributed by atoms with van der Waals surface area (Å²) in [7, 11) is 0. The van der Waals surface area contributed by atoms with Gasteiger partial charge in [-0.25, -0.2) is 4.39 Å². The number of hydrogen-bond acceptors (Lipinski definition) is 2. The average Bonchev–Trinajstić information content (AvgIpc) is 2.33. The molecule has 2 atom stereocenters. The number of halogens is 2. The van der Waals surface area contributed by atoms with E-state index in [2.05, 4.69) is 5.32 Å². The molecule has 1 saturated heterocycles. The fourth-order valence-corrected chi connectivity index (χ4v) is 2.27. The minimum absolute atomic E-state index is 0.0512. The van der Waals surface area contributed by atoms with Crippen LogP contribution in [-0.4, -0.2) is 17.7 Å². The Bertz CT molecular complexity index is 366. The van der Waals surface area contributed by atoms with Crippen LogP contribution in [0.4, 0.5) is 4.39 Å². The first kappa shape index (κ1) is 11.8. The van der Waals surface area contributed by atoms with Crippen molar-refractivity contribution in [1.29, 1.82) is 0 Å². The van der Waals surface area contributed by atoms with E-state index in [4.69, 9.17) is 11.6 Å². The van der Waals surface area contributed by atoms with Crippen LogP contribution in [0.25, 0.3) is 0 Å². The van der Waals surface area contributed by atoms with Crippen LogP contribution < -0.4 is 5.32 Å². The van der Waals surface area contributed by atoms with Crippen LogP contribution in [0.15, 0.2) is 18.2 Å². The molecule has 4 heteroatoms. The molecule has 1 heterocycles. The molecule has 0 amide bonds. The second kappa shape index (κ2) is 5.13. The van der Waals surface area contributed by atoms with E-state index >= 15 is 0 Å². The first-order valence-corrected chi connectivity index (χ1v) is 5.92. The fraction of sp³-hybridized carbons (Fsp3) is 0.500. The number of benzene rings is 1. The molecule has 2 nitrogen and oxygen atoms in total. The van der Waals surface area contributed by atoms with E-state index in [0.717, 1.165) is 25.8 Å². The van der Waals surface area contributed by atoms with Gasteiger partial charge >= 0.3 is 0 Å². The first-order valence-electron chi connectivity index (χ1n) is 5.55. The predicted octanol–water partition coefficient (Wildman–Crippen LogP) is 2.65. The SMILES string of the molecule is OC(c1ccc(F)c(Cl)c1)C1CCCCN1. The molecule has 0 aromatic heterocycles. The molecule has 2 unspecified atom stereocenters. The highest BCUT2D eigenvalue weighted by Gasteiger charge is 2.22. The van der Waals surface area contributed by atoms with Crippen LogP contribution in [0.1, 0.15) is 30.9 Å². The van der Waals surface area contributed by atoms with Gasteiger partial charge in [-0.1, -0.05) is 24.1 Å². The summed E-state index contributed by atoms with van der Waals surface area (Å²) < 4.78 is 13.0. The third kappa shape index (κ3) is 2.54. The molecule has 2 N–H and O–H groups in total. The van der Waals surface area contributed by atoms with Crippen LogP contribution in [0.3, 0.4) is 0 Å². The average molecular weight is 244 g/mol. The zero-order valence-electron chi connectivity index (χ0n) is 8.92. The molecule has 1 aliphatic heterocycles. The Kier molecular flexibility index (Phi) is 3.79. The quantitative estimate of drug-likeness (QED) is 0.837. The number of hydrogen-bond donors (Lipinski definition) is 2. The largest absolute Gasteiger partial charge is 0.387 e. The maximum Gasteiger partial charge on any atom is 0.141 e. The zero-order valence-corrected chi connectivity index (χ0v) is 9.67. The third-order valence-corrected chi connectivity index (χ3v) is 3.30. The van der Waals surface area contributed by atoms with Crippen molar-refractivity contribution in [3.8, 4) is 0 Å². The number of nitrogens with one attached hydrogen (secondary N) is 1. The fourth-order valence-electron chi connectivity index (χ4n) is 2.08. The van der Waals surface area contributed by atoms with Crippen molar-refractivity contribution < 1.29 is 9.50 Å². The summed E-state index contributed by atoms with van der Waals surface area (Å²) in [6, 6.07) is 4.43. The van der Waals surface area contributed by atoms with Crippen molar-refractivity contribution in [3.63, 3.8) is 0 Å². The third-order valence-electron chi connectivity index (χ3n) is 3.01. The normalized spacial score (nSPS) is 23.1. The van der Waals surface area contributed by atoms with Gasteiger partial charge in [0.15, 0.2) is 0 Å². The second-order valence-electron chi connectivity index (χ2n) is 4.17. The Morgan fingerprint density at radius 1 is 1.44 bits per heavy atom. The van der Waals surface area contributed by atoms with Crippen LogP contribution >= 0.6 is 11.6 Å². The summed E-state index contributed by atoms with van der Waals surface area (Å²) in [6.07, 6.45) is 2.59. The molecule has 0 radical (unpaired) electrons. The van der Waals surface area contributed by atoms with Crippen molar-refractivity contribution >= 4 is 11.6 Å². The van der Waals surface area contributed by atoms with Gasteiger partial charge in [-0.15, -0.1) is 0 Å². The molecule has 1 aromatic carbocycles. The van der Waals surface area contributed by atoms with Crippen LogP contribution in [0, 0.1) is 5.82 Å². The molecule has 2 rings (SSSR count). The summed E-state index contributed by atoms with van der Waals surface area (Å²) in [5.74, 6) is -0.450. The highest BCUT2D eigenvalue weighted by molar-refractivity contribution is 6.30. The Morgan fingerprint density at radius 2 is 2.25 bits per heavy atom. The Balaban J connectivity index is 2.12. The van der Waals surface area contributed by atoms with E-state index in [1.54, 1.807) is 6.07 Å². The van der Waals surface area contributed by atoms with Gasteiger partial charge in [0.1, 0.15) is 5.82 Å². The summed E-state index contributed by atoms with van der Waals surface area (Å²) in [4.78, 5) is 0. The van der Waals surface area contributed by atoms with Crippen molar-refractivity contribution in [1.82, 2.24) is 5.32 Å². The van der Waals surface area contributed by atoms with E-state index < -0.39 is 11.9 Å². The lowest BCUT2D eigenvalue weighted by atomic mass is 9.95. The van der Waals surface area contributed by atoms with Gasteiger partial charge in [0, 0.05) is 6.04 Å². The Morgan fingerprint density at radius 3 is 2.88 bits per heavy atom. The molecular weight excluding hydrogens is 229 g/mol. The molecule has 0 spiro atoms. The second-order valence-corrected chi connectivity index (χ2v) is 4.58. The molecular formula is C12H15ClFNO. The summed E-state index contributed by atoms with van der Waals surface area (Å²) in [6.45, 7) is 0.927. The van der Waals surface area contributed by atoms with Crippen LogP contribution in [-0.2, 0) is 0 Å². The van der Waals surface area contributed by atoms with Crippen LogP contribution in [0.5, 0.6) is 0 Å². The summed E-state index contributed by atoms with van der Waals surface area (Å²) >= 11 is 5.69. The molecule has 0 aliphatic carbocycles. The zero-order chi connectivity index (χ0) is 11.5. The van der Waals surface area contributed by atoms with Gasteiger partial charge in [0.05, 0.1) is 11.1 Å². The lowest BCUT2D eigenvalue weighted by Gasteiger charge is -2.28. The standard InChI is InChI=1S/C12H15ClFNO/c13-9-7-8(4-5-10(9)14)12(16)11-3-1-2-6-15-11/h4-5,7,11-12,15-16H,1-3,6H2. The molecule has 0 saturated carbocycles. The van der Waals surface area contributed by atoms with Gasteiger partial charge in [0.25, 0.3) is 0 Å². The van der Waals surface area contributed by atoms with E-state index in [1.165, 1.54) is 12.1 Å². The van der Waals surface area contributed by atoms with E-state index in [1.807, 2.05) is 0 Å². The lowest BCUT2D eigenvalue weighted by Crippen LogP contribution is -2.38. The first-order chi connectivity index (χ1) is 7.68. The summed E-state index contributed by atoms with van der Waals surface area (Å²) in [5, 5.41) is 13.4. The molecule has 88 valence electrons. The minimum Gasteiger partial charge on any atom is -0.387 e. The highest BCUT2D eigenvalue weighted by Crippen LogP contribution is 2.26. The lowest BCUT2D eigenvalue weighted by molar-refractivity contribution is 0.114. The van der Waals surface area contributed by atoms with Crippen LogP contribution in [0.2, 0.25) is 5.02 Å². The van der Waals surface area contributed by atoms with E-state index in [0.29, 0.717) is 5.56 Å². The minimum atomic E-state index is -0.613. The number of aliphatic hydroxyl groups excluding tert-OH is 1. The topological polar surface area (TPSA) is 32.3 Å². The predicted molar refractivity (Wildman–Crippen MR) is 62.0 cm³/mol. The van der Waals surface area contributed by atoms with Crippen molar-refractivity contribution in [2.45, 2.75) is 31.4 Å². The Labute approximate surface area is 99.4 Å². The monoisotopic (exact) mass is 243 g/mol. The summed E-state index contributed by atoms with van der Waals surface area (Å²) in [5.41, 5.74) is 0.672. The highest BCUT2D eigenvalue weighted by atomic mass is 35.5. The molecule has 16 heavy (non-hydrogen) atoms. The Hall–Kier alpha value is -0.640. The molecule has 1 fully saturated rings. The number of rotatable bonds is 2. The van der Waals surface area contributed by atoms with E-state index in [9.17, 15) is 9.50 Å². The smallest absolute Gasteiger partial charge is 0.141 e. The van der Waals surface area contributed by atoms with Crippen molar-refractivity contribution in [3.05, 3.63) is 34.6 Å². The molecule has 1 aliphatic rings. The number of aliphatic hydroxyl groups is 1.